The second-order valence-corrected chi connectivity index (χ2v) is 11.9. The first-order valence-electron chi connectivity index (χ1n) is 7.68. The molecule has 2 rings (SSSR count). The van der Waals surface area contributed by atoms with Gasteiger partial charge in [0.1, 0.15) is 0 Å². The van der Waals surface area contributed by atoms with Gasteiger partial charge in [-0.1, -0.05) is 25.7 Å². The van der Waals surface area contributed by atoms with Crippen molar-refractivity contribution in [2.24, 2.45) is 0 Å². The van der Waals surface area contributed by atoms with Crippen LogP contribution in [0.2, 0.25) is 5.67 Å². The van der Waals surface area contributed by atoms with Crippen molar-refractivity contribution in [3.8, 4) is 0 Å². The van der Waals surface area contributed by atoms with E-state index in [1.54, 1.807) is 5.67 Å². The van der Waals surface area contributed by atoms with Crippen LogP contribution >= 0.6 is 0 Å². The molecule has 0 aromatic heterocycles. The Morgan fingerprint density at radius 3 is 1.47 bits per heavy atom. The van der Waals surface area contributed by atoms with Gasteiger partial charge in [-0.2, -0.15) is 0 Å². The van der Waals surface area contributed by atoms with E-state index in [0.717, 1.165) is 12.1 Å². The molecule has 0 aromatic carbocycles. The van der Waals surface area contributed by atoms with E-state index < -0.39 is 0 Å². The van der Waals surface area contributed by atoms with Crippen LogP contribution in [0.25, 0.3) is 0 Å². The van der Waals surface area contributed by atoms with Crippen LogP contribution in [0, 0.1) is 0 Å². The zero-order valence-corrected chi connectivity index (χ0v) is 14.7. The predicted molar refractivity (Wildman–Crippen MR) is 81.9 cm³/mol. The second-order valence-electron chi connectivity index (χ2n) is 6.19. The fraction of sp³-hybridized carbons (Fsp3) is 1.00. The molecule has 0 N–H and O–H groups in total. The lowest BCUT2D eigenvalue weighted by molar-refractivity contribution is 0.385. The molecule has 0 heterocycles. The molecule has 0 atom stereocenters. The molecule has 2 saturated carbocycles. The van der Waals surface area contributed by atoms with Crippen LogP contribution in [0.15, 0.2) is 0 Å². The quantitative estimate of drug-likeness (QED) is 0.671. The molecule has 2 aliphatic carbocycles. The minimum absolute atomic E-state index is 0.0900. The van der Waals surface area contributed by atoms with Crippen molar-refractivity contribution in [3.63, 3.8) is 0 Å². The van der Waals surface area contributed by atoms with Crippen molar-refractivity contribution in [2.45, 2.75) is 69.1 Å². The van der Waals surface area contributed by atoms with Crippen molar-refractivity contribution in [2.75, 3.05) is 14.1 Å². The van der Waals surface area contributed by atoms with E-state index >= 15 is 0 Å². The van der Waals surface area contributed by atoms with E-state index in [1.807, 2.05) is 0 Å². The highest BCUT2D eigenvalue weighted by atomic mass is 28.3. The van der Waals surface area contributed by atoms with Crippen molar-refractivity contribution < 1.29 is 0 Å². The van der Waals surface area contributed by atoms with E-state index in [9.17, 15) is 0 Å². The van der Waals surface area contributed by atoms with E-state index in [1.165, 1.54) is 51.4 Å². The summed E-state index contributed by atoms with van der Waals surface area (Å²) in [5, 5.41) is 0. The van der Waals surface area contributed by atoms with Gasteiger partial charge in [0.15, 0.2) is 0 Å². The second kappa shape index (κ2) is 7.07. The van der Waals surface area contributed by atoms with E-state index in [0.29, 0.717) is 0 Å². The fourth-order valence-electron chi connectivity index (χ4n) is 3.62. The summed E-state index contributed by atoms with van der Waals surface area (Å²) >= 11 is 0. The average Bonchev–Trinajstić information content (AvgIpc) is 3.02. The van der Waals surface area contributed by atoms with Gasteiger partial charge in [0.05, 0.1) is 19.4 Å². The predicted octanol–water partition coefficient (Wildman–Crippen LogP) is 1.28. The Morgan fingerprint density at radius 2 is 1.12 bits per heavy atom. The molecular formula is C13H30N2Si2. The minimum Gasteiger partial charge on any atom is -0.329 e. The van der Waals surface area contributed by atoms with Crippen molar-refractivity contribution in [1.29, 1.82) is 0 Å². The lowest BCUT2D eigenvalue weighted by Crippen LogP contribution is -2.38. The van der Waals surface area contributed by atoms with Crippen LogP contribution in [0.3, 0.4) is 0 Å². The number of hydrogen-bond donors (Lipinski definition) is 0. The van der Waals surface area contributed by atoms with Crippen LogP contribution in [0.4, 0.5) is 0 Å². The maximum atomic E-state index is 2.78. The van der Waals surface area contributed by atoms with Gasteiger partial charge in [0.25, 0.3) is 0 Å². The van der Waals surface area contributed by atoms with Gasteiger partial charge in [-0.15, -0.1) is 0 Å². The highest BCUT2D eigenvalue weighted by Crippen LogP contribution is 2.23. The van der Waals surface area contributed by atoms with Gasteiger partial charge in [0.2, 0.25) is 0 Å². The molecule has 0 aliphatic heterocycles. The van der Waals surface area contributed by atoms with Crippen LogP contribution in [-0.2, 0) is 0 Å². The summed E-state index contributed by atoms with van der Waals surface area (Å²) in [5.74, 6) is 0. The SMILES string of the molecule is CN([SiH2]C[SiH2]N(C)C1CCCC1)C1CCCC1. The Labute approximate surface area is 112 Å². The molecule has 2 aliphatic rings. The summed E-state index contributed by atoms with van der Waals surface area (Å²) in [6, 6.07) is 1.96. The Hall–Kier alpha value is 0.354. The topological polar surface area (TPSA) is 6.48 Å². The highest BCUT2D eigenvalue weighted by Gasteiger charge is 2.21. The van der Waals surface area contributed by atoms with E-state index in [2.05, 4.69) is 23.2 Å². The largest absolute Gasteiger partial charge is 0.329 e. The Balaban J connectivity index is 1.58. The molecule has 4 heteroatoms. The summed E-state index contributed by atoms with van der Waals surface area (Å²) in [5.41, 5.74) is 1.62. The smallest absolute Gasteiger partial charge is 0.0931 e. The molecule has 0 bridgehead atoms. The maximum Gasteiger partial charge on any atom is 0.0931 e. The average molecular weight is 271 g/mol. The van der Waals surface area contributed by atoms with Crippen LogP contribution in [-0.4, -0.2) is 54.7 Å². The third-order valence-corrected chi connectivity index (χ3v) is 9.89. The number of rotatable bonds is 6. The Bertz CT molecular complexity index is 191. The summed E-state index contributed by atoms with van der Waals surface area (Å²) in [6.45, 7) is 0. The molecule has 2 nitrogen and oxygen atoms in total. The van der Waals surface area contributed by atoms with Crippen molar-refractivity contribution in [1.82, 2.24) is 9.13 Å². The lowest BCUT2D eigenvalue weighted by atomic mass is 10.3. The van der Waals surface area contributed by atoms with Gasteiger partial charge in [0, 0.05) is 12.1 Å². The van der Waals surface area contributed by atoms with Gasteiger partial charge in [-0.3, -0.25) is 0 Å². The first-order valence-corrected chi connectivity index (χ1v) is 10.9. The van der Waals surface area contributed by atoms with Crippen molar-refractivity contribution >= 4 is 19.4 Å². The van der Waals surface area contributed by atoms with Gasteiger partial charge in [-0.05, 0) is 45.4 Å². The molecule has 2 fully saturated rings. The zero-order chi connectivity index (χ0) is 12.1. The number of hydrogen-bond acceptors (Lipinski definition) is 2. The maximum absolute atomic E-state index is 2.78. The summed E-state index contributed by atoms with van der Waals surface area (Å²) in [7, 11) is 5.00. The monoisotopic (exact) mass is 270 g/mol. The first kappa shape index (κ1) is 13.8. The first-order chi connectivity index (χ1) is 8.27. The molecule has 0 unspecified atom stereocenters. The third kappa shape index (κ3) is 4.19. The summed E-state index contributed by atoms with van der Waals surface area (Å²) in [6.07, 6.45) is 11.9. The van der Waals surface area contributed by atoms with Crippen LogP contribution < -0.4 is 0 Å². The molecule has 0 amide bonds. The minimum atomic E-state index is 0.0900. The van der Waals surface area contributed by atoms with Crippen LogP contribution in [0.1, 0.15) is 51.4 Å². The van der Waals surface area contributed by atoms with Crippen molar-refractivity contribution in [3.05, 3.63) is 0 Å². The molecular weight excluding hydrogens is 240 g/mol. The van der Waals surface area contributed by atoms with Crippen LogP contribution in [0.5, 0.6) is 0 Å². The summed E-state index contributed by atoms with van der Waals surface area (Å²) in [4.78, 5) is 0. The van der Waals surface area contributed by atoms with E-state index in [-0.39, 0.29) is 19.4 Å². The van der Waals surface area contributed by atoms with Gasteiger partial charge < -0.3 is 9.13 Å². The highest BCUT2D eigenvalue weighted by molar-refractivity contribution is 6.52. The molecule has 0 saturated heterocycles. The van der Waals surface area contributed by atoms with Gasteiger partial charge >= 0.3 is 0 Å². The Kier molecular flexibility index (Phi) is 5.73. The molecule has 100 valence electrons. The van der Waals surface area contributed by atoms with Gasteiger partial charge in [-0.25, -0.2) is 0 Å². The molecule has 0 aromatic rings. The lowest BCUT2D eigenvalue weighted by Gasteiger charge is -2.27. The molecule has 17 heavy (non-hydrogen) atoms. The molecule has 0 radical (unpaired) electrons. The Morgan fingerprint density at radius 1 is 0.765 bits per heavy atom. The fourth-order valence-corrected chi connectivity index (χ4v) is 9.64. The third-order valence-electron chi connectivity index (χ3n) is 4.92. The van der Waals surface area contributed by atoms with E-state index in [4.69, 9.17) is 0 Å². The zero-order valence-electron chi connectivity index (χ0n) is 11.8. The summed E-state index contributed by atoms with van der Waals surface area (Å²) < 4.78 is 5.56. The molecule has 0 spiro atoms. The normalized spacial score (nSPS) is 24.7. The standard InChI is InChI=1S/C13H30N2Si2/c1-14(12-7-3-4-8-12)16-11-17-15(2)13-9-5-6-10-13/h12-13H,3-11,16-17H2,1-2H3. The number of nitrogens with zero attached hydrogens (tertiary/aromatic N) is 2.